The molecule has 1 aromatic rings. The number of ketones is 1. The second-order valence-electron chi connectivity index (χ2n) is 4.22. The van der Waals surface area contributed by atoms with E-state index >= 15 is 0 Å². The fourth-order valence-corrected chi connectivity index (χ4v) is 1.32. The predicted octanol–water partition coefficient (Wildman–Crippen LogP) is 3.07. The third-order valence-electron chi connectivity index (χ3n) is 2.59. The molecule has 0 heterocycles. The lowest BCUT2D eigenvalue weighted by molar-refractivity contribution is -0.121. The van der Waals surface area contributed by atoms with Crippen molar-refractivity contribution in [3.63, 3.8) is 0 Å². The summed E-state index contributed by atoms with van der Waals surface area (Å²) in [5.74, 6) is 0.449. The van der Waals surface area contributed by atoms with E-state index in [2.05, 4.69) is 26.0 Å². The van der Waals surface area contributed by atoms with Crippen LogP contribution >= 0.6 is 0 Å². The average molecular weight is 190 g/mol. The molecule has 76 valence electrons. The van der Waals surface area contributed by atoms with Crippen LogP contribution in [0, 0.1) is 19.8 Å². The van der Waals surface area contributed by atoms with E-state index in [0.717, 1.165) is 5.56 Å². The summed E-state index contributed by atoms with van der Waals surface area (Å²) in [6, 6.07) is 6.23. The second kappa shape index (κ2) is 4.41. The second-order valence-corrected chi connectivity index (χ2v) is 4.22. The molecule has 1 aromatic carbocycles. The molecule has 0 fully saturated rings. The van der Waals surface area contributed by atoms with Gasteiger partial charge in [-0.25, -0.2) is 0 Å². The topological polar surface area (TPSA) is 17.1 Å². The molecule has 0 saturated heterocycles. The number of Topliss-reactive ketones (excluding diaryl/α,β-unsaturated/α-hetero) is 1. The Morgan fingerprint density at radius 1 is 1.21 bits per heavy atom. The zero-order valence-electron chi connectivity index (χ0n) is 9.42. The molecular formula is C13H18O. The number of aryl methyl sites for hydroxylation is 2. The largest absolute Gasteiger partial charge is 0.299 e. The monoisotopic (exact) mass is 190 g/mol. The summed E-state index contributed by atoms with van der Waals surface area (Å²) in [7, 11) is 0. The minimum absolute atomic E-state index is 0.136. The van der Waals surface area contributed by atoms with Gasteiger partial charge in [0.05, 0.1) is 0 Å². The maximum absolute atomic E-state index is 11.5. The highest BCUT2D eigenvalue weighted by Crippen LogP contribution is 2.12. The van der Waals surface area contributed by atoms with Crippen LogP contribution in [0.15, 0.2) is 18.2 Å². The summed E-state index contributed by atoms with van der Waals surface area (Å²) < 4.78 is 0. The molecule has 0 amide bonds. The minimum atomic E-state index is 0.136. The summed E-state index contributed by atoms with van der Waals surface area (Å²) in [6.07, 6.45) is 0.568. The van der Waals surface area contributed by atoms with E-state index in [1.165, 1.54) is 11.1 Å². The fraction of sp³-hybridized carbons (Fsp3) is 0.462. The number of hydrogen-bond acceptors (Lipinski definition) is 1. The van der Waals surface area contributed by atoms with Gasteiger partial charge in [0.2, 0.25) is 0 Å². The van der Waals surface area contributed by atoms with Crippen LogP contribution in [0.2, 0.25) is 0 Å². The number of hydrogen-bond donors (Lipinski definition) is 0. The highest BCUT2D eigenvalue weighted by molar-refractivity contribution is 5.82. The minimum Gasteiger partial charge on any atom is -0.299 e. The van der Waals surface area contributed by atoms with Gasteiger partial charge in [-0.05, 0) is 30.5 Å². The van der Waals surface area contributed by atoms with Crippen LogP contribution in [0.3, 0.4) is 0 Å². The van der Waals surface area contributed by atoms with E-state index in [-0.39, 0.29) is 5.92 Å². The standard InChI is InChI=1S/C13H18O/c1-9(2)13(14)8-12-6-5-10(3)11(4)7-12/h5-7,9H,8H2,1-4H3. The maximum Gasteiger partial charge on any atom is 0.139 e. The molecule has 0 aliphatic carbocycles. The molecule has 0 aliphatic heterocycles. The van der Waals surface area contributed by atoms with Crippen molar-refractivity contribution in [3.8, 4) is 0 Å². The van der Waals surface area contributed by atoms with Crippen molar-refractivity contribution in [2.24, 2.45) is 5.92 Å². The summed E-state index contributed by atoms with van der Waals surface area (Å²) in [6.45, 7) is 8.06. The summed E-state index contributed by atoms with van der Waals surface area (Å²) in [4.78, 5) is 11.5. The third-order valence-corrected chi connectivity index (χ3v) is 2.59. The van der Waals surface area contributed by atoms with Crippen LogP contribution in [0.25, 0.3) is 0 Å². The molecule has 1 rings (SSSR count). The van der Waals surface area contributed by atoms with Crippen LogP contribution in [0.1, 0.15) is 30.5 Å². The van der Waals surface area contributed by atoms with E-state index in [0.29, 0.717) is 12.2 Å². The van der Waals surface area contributed by atoms with Gasteiger partial charge in [0.15, 0.2) is 0 Å². The molecule has 0 N–H and O–H groups in total. The molecular weight excluding hydrogens is 172 g/mol. The van der Waals surface area contributed by atoms with Gasteiger partial charge in [0.25, 0.3) is 0 Å². The zero-order chi connectivity index (χ0) is 10.7. The molecule has 0 aliphatic rings. The molecule has 0 saturated carbocycles. The number of carbonyl (C=O) groups is 1. The van der Waals surface area contributed by atoms with Crippen molar-refractivity contribution in [2.75, 3.05) is 0 Å². The van der Waals surface area contributed by atoms with Crippen molar-refractivity contribution in [3.05, 3.63) is 34.9 Å². The van der Waals surface area contributed by atoms with Gasteiger partial charge >= 0.3 is 0 Å². The lowest BCUT2D eigenvalue weighted by atomic mass is 9.98. The first-order valence-electron chi connectivity index (χ1n) is 5.09. The van der Waals surface area contributed by atoms with Crippen molar-refractivity contribution >= 4 is 5.78 Å². The Hall–Kier alpha value is -1.11. The Bertz CT molecular complexity index is 337. The molecule has 0 radical (unpaired) electrons. The Balaban J connectivity index is 2.78. The predicted molar refractivity (Wildman–Crippen MR) is 59.5 cm³/mol. The molecule has 0 bridgehead atoms. The number of carbonyl (C=O) groups excluding carboxylic acids is 1. The molecule has 0 atom stereocenters. The highest BCUT2D eigenvalue weighted by atomic mass is 16.1. The summed E-state index contributed by atoms with van der Waals surface area (Å²) in [5, 5.41) is 0. The van der Waals surface area contributed by atoms with E-state index < -0.39 is 0 Å². The van der Waals surface area contributed by atoms with Gasteiger partial charge in [-0.2, -0.15) is 0 Å². The Morgan fingerprint density at radius 2 is 1.86 bits per heavy atom. The summed E-state index contributed by atoms with van der Waals surface area (Å²) >= 11 is 0. The maximum atomic E-state index is 11.5. The third kappa shape index (κ3) is 2.69. The van der Waals surface area contributed by atoms with E-state index in [1.807, 2.05) is 19.9 Å². The molecule has 0 unspecified atom stereocenters. The Labute approximate surface area is 86.1 Å². The van der Waals surface area contributed by atoms with E-state index in [9.17, 15) is 4.79 Å². The van der Waals surface area contributed by atoms with Crippen LogP contribution in [0.5, 0.6) is 0 Å². The Kier molecular flexibility index (Phi) is 3.45. The zero-order valence-corrected chi connectivity index (χ0v) is 9.42. The van der Waals surface area contributed by atoms with Gasteiger partial charge < -0.3 is 0 Å². The number of rotatable bonds is 3. The molecule has 1 heteroatoms. The quantitative estimate of drug-likeness (QED) is 0.716. The van der Waals surface area contributed by atoms with Gasteiger partial charge in [-0.1, -0.05) is 32.0 Å². The normalized spacial score (nSPS) is 10.6. The molecule has 1 nitrogen and oxygen atoms in total. The lowest BCUT2D eigenvalue weighted by Crippen LogP contribution is -2.10. The first-order chi connectivity index (χ1) is 6.50. The van der Waals surface area contributed by atoms with E-state index in [4.69, 9.17) is 0 Å². The summed E-state index contributed by atoms with van der Waals surface area (Å²) in [5.41, 5.74) is 3.68. The Morgan fingerprint density at radius 3 is 2.36 bits per heavy atom. The smallest absolute Gasteiger partial charge is 0.139 e. The van der Waals surface area contributed by atoms with Gasteiger partial charge in [-0.3, -0.25) is 4.79 Å². The van der Waals surface area contributed by atoms with Crippen molar-refractivity contribution < 1.29 is 4.79 Å². The SMILES string of the molecule is Cc1ccc(CC(=O)C(C)C)cc1C. The van der Waals surface area contributed by atoms with Crippen LogP contribution in [-0.4, -0.2) is 5.78 Å². The average Bonchev–Trinajstić information content (AvgIpc) is 2.11. The molecule has 0 aromatic heterocycles. The first-order valence-corrected chi connectivity index (χ1v) is 5.09. The molecule has 14 heavy (non-hydrogen) atoms. The highest BCUT2D eigenvalue weighted by Gasteiger charge is 2.08. The van der Waals surface area contributed by atoms with Gasteiger partial charge in [0, 0.05) is 12.3 Å². The van der Waals surface area contributed by atoms with Crippen molar-refractivity contribution in [1.29, 1.82) is 0 Å². The molecule has 0 spiro atoms. The van der Waals surface area contributed by atoms with Crippen molar-refractivity contribution in [1.82, 2.24) is 0 Å². The number of benzene rings is 1. The van der Waals surface area contributed by atoms with Gasteiger partial charge in [-0.15, -0.1) is 0 Å². The fourth-order valence-electron chi connectivity index (χ4n) is 1.32. The van der Waals surface area contributed by atoms with Gasteiger partial charge in [0.1, 0.15) is 5.78 Å². The van der Waals surface area contributed by atoms with Crippen LogP contribution < -0.4 is 0 Å². The first kappa shape index (κ1) is 11.0. The van der Waals surface area contributed by atoms with Crippen molar-refractivity contribution in [2.45, 2.75) is 34.1 Å². The van der Waals surface area contributed by atoms with Crippen LogP contribution in [-0.2, 0) is 11.2 Å². The van der Waals surface area contributed by atoms with Crippen LogP contribution in [0.4, 0.5) is 0 Å². The van der Waals surface area contributed by atoms with E-state index in [1.54, 1.807) is 0 Å². The lowest BCUT2D eigenvalue weighted by Gasteiger charge is -2.06.